The van der Waals surface area contributed by atoms with E-state index in [1.807, 2.05) is 12.1 Å². The third kappa shape index (κ3) is 7.77. The van der Waals surface area contributed by atoms with Gasteiger partial charge in [-0.1, -0.05) is 23.7 Å². The minimum absolute atomic E-state index is 0.106. The predicted octanol–water partition coefficient (Wildman–Crippen LogP) is 1.43. The normalized spacial score (nSPS) is 12.0. The molecule has 0 aliphatic rings. The van der Waals surface area contributed by atoms with E-state index in [2.05, 4.69) is 10.6 Å². The maximum Gasteiger partial charge on any atom is 0.237 e. The van der Waals surface area contributed by atoms with Gasteiger partial charge in [0, 0.05) is 31.8 Å². The number of nitrogens with zero attached hydrogens (tertiary/aromatic N) is 1. The Morgan fingerprint density at radius 3 is 2.54 bits per heavy atom. The molecule has 0 fully saturated rings. The summed E-state index contributed by atoms with van der Waals surface area (Å²) in [6.45, 7) is 3.55. The average molecular weight is 356 g/mol. The first-order chi connectivity index (χ1) is 11.4. The van der Waals surface area contributed by atoms with Crippen molar-refractivity contribution >= 4 is 23.4 Å². The summed E-state index contributed by atoms with van der Waals surface area (Å²) >= 11 is 5.83. The summed E-state index contributed by atoms with van der Waals surface area (Å²) in [5.74, 6) is -0.231. The Kier molecular flexibility index (Phi) is 9.37. The van der Waals surface area contributed by atoms with Crippen molar-refractivity contribution in [1.29, 1.82) is 0 Å². The average Bonchev–Trinajstić information content (AvgIpc) is 2.57. The Balaban J connectivity index is 2.32. The van der Waals surface area contributed by atoms with Crippen molar-refractivity contribution in [2.75, 3.05) is 33.9 Å². The van der Waals surface area contributed by atoms with Crippen LogP contribution in [-0.2, 0) is 20.9 Å². The van der Waals surface area contributed by atoms with Crippen LogP contribution in [0.15, 0.2) is 24.3 Å². The molecule has 0 spiro atoms. The van der Waals surface area contributed by atoms with Gasteiger partial charge in [-0.2, -0.15) is 0 Å². The zero-order chi connectivity index (χ0) is 17.9. The Hall–Kier alpha value is -1.63. The zero-order valence-electron chi connectivity index (χ0n) is 14.5. The van der Waals surface area contributed by atoms with E-state index in [1.54, 1.807) is 38.1 Å². The van der Waals surface area contributed by atoms with Crippen LogP contribution in [0.4, 0.5) is 0 Å². The minimum atomic E-state index is -0.401. The Bertz CT molecular complexity index is 522. The van der Waals surface area contributed by atoms with Gasteiger partial charge < -0.3 is 15.4 Å². The van der Waals surface area contributed by atoms with Crippen molar-refractivity contribution in [1.82, 2.24) is 15.5 Å². The number of halogens is 1. The molecule has 1 rings (SSSR count). The second-order valence-corrected chi connectivity index (χ2v) is 6.07. The van der Waals surface area contributed by atoms with E-state index in [4.69, 9.17) is 16.3 Å². The van der Waals surface area contributed by atoms with E-state index >= 15 is 0 Å². The molecule has 0 saturated carbocycles. The summed E-state index contributed by atoms with van der Waals surface area (Å²) < 4.78 is 4.92. The molecule has 0 radical (unpaired) electrons. The number of benzene rings is 1. The highest BCUT2D eigenvalue weighted by Gasteiger charge is 2.19. The van der Waals surface area contributed by atoms with Crippen LogP contribution in [0.5, 0.6) is 0 Å². The van der Waals surface area contributed by atoms with Crippen LogP contribution in [0.3, 0.4) is 0 Å². The molecule has 0 aliphatic carbocycles. The van der Waals surface area contributed by atoms with Gasteiger partial charge in [0.1, 0.15) is 0 Å². The molecular weight excluding hydrogens is 330 g/mol. The van der Waals surface area contributed by atoms with Crippen molar-refractivity contribution < 1.29 is 14.3 Å². The van der Waals surface area contributed by atoms with Crippen molar-refractivity contribution in [3.63, 3.8) is 0 Å². The number of hydrogen-bond donors (Lipinski definition) is 2. The van der Waals surface area contributed by atoms with Crippen molar-refractivity contribution in [2.24, 2.45) is 0 Å². The molecule has 1 unspecified atom stereocenters. The van der Waals surface area contributed by atoms with Gasteiger partial charge in [0.25, 0.3) is 0 Å². The molecule has 6 nitrogen and oxygen atoms in total. The summed E-state index contributed by atoms with van der Waals surface area (Å²) in [6, 6.07) is 6.90. The third-order valence-corrected chi connectivity index (χ3v) is 3.91. The lowest BCUT2D eigenvalue weighted by molar-refractivity contribution is -0.127. The number of amides is 2. The number of hydrogen-bond acceptors (Lipinski definition) is 4. The first-order valence-corrected chi connectivity index (χ1v) is 8.30. The fraction of sp³-hybridized carbons (Fsp3) is 0.529. The molecule has 2 N–H and O–H groups in total. The fourth-order valence-electron chi connectivity index (χ4n) is 2.00. The number of methoxy groups -OCH3 is 1. The van der Waals surface area contributed by atoms with Crippen LogP contribution in [0, 0.1) is 0 Å². The Morgan fingerprint density at radius 2 is 1.92 bits per heavy atom. The third-order valence-electron chi connectivity index (χ3n) is 3.66. The van der Waals surface area contributed by atoms with E-state index in [-0.39, 0.29) is 18.4 Å². The molecule has 2 amide bonds. The van der Waals surface area contributed by atoms with Crippen LogP contribution in [0.1, 0.15) is 18.9 Å². The lowest BCUT2D eigenvalue weighted by Gasteiger charge is -2.23. The summed E-state index contributed by atoms with van der Waals surface area (Å²) in [4.78, 5) is 25.7. The fourth-order valence-corrected chi connectivity index (χ4v) is 2.13. The molecule has 0 aromatic heterocycles. The van der Waals surface area contributed by atoms with Crippen molar-refractivity contribution in [2.45, 2.75) is 25.9 Å². The Labute approximate surface area is 148 Å². The number of carbonyl (C=O) groups is 2. The topological polar surface area (TPSA) is 70.7 Å². The van der Waals surface area contributed by atoms with E-state index in [9.17, 15) is 9.59 Å². The van der Waals surface area contributed by atoms with Gasteiger partial charge in [0.2, 0.25) is 11.8 Å². The maximum absolute atomic E-state index is 12.2. The first-order valence-electron chi connectivity index (χ1n) is 7.92. The van der Waals surface area contributed by atoms with Gasteiger partial charge in [0.05, 0.1) is 12.6 Å². The van der Waals surface area contributed by atoms with Crippen molar-refractivity contribution in [3.05, 3.63) is 34.9 Å². The molecular formula is C17H26ClN3O3. The van der Waals surface area contributed by atoms with E-state index < -0.39 is 6.04 Å². The van der Waals surface area contributed by atoms with Gasteiger partial charge in [-0.05, 0) is 38.1 Å². The molecule has 0 heterocycles. The highest BCUT2D eigenvalue weighted by atomic mass is 35.5. The summed E-state index contributed by atoms with van der Waals surface area (Å²) in [6.07, 6.45) is 0.767. The summed E-state index contributed by atoms with van der Waals surface area (Å²) in [5, 5.41) is 6.32. The van der Waals surface area contributed by atoms with Crippen LogP contribution in [0.25, 0.3) is 0 Å². The van der Waals surface area contributed by atoms with Crippen LogP contribution < -0.4 is 10.6 Å². The SMILES string of the molecule is COCCCNC(=O)CN(C)C(C)C(=O)NCc1ccc(Cl)cc1. The number of carbonyl (C=O) groups excluding carboxylic acids is 2. The van der Waals surface area contributed by atoms with Gasteiger partial charge in [-0.3, -0.25) is 14.5 Å². The molecule has 1 atom stereocenters. The maximum atomic E-state index is 12.2. The predicted molar refractivity (Wildman–Crippen MR) is 94.9 cm³/mol. The minimum Gasteiger partial charge on any atom is -0.385 e. The lowest BCUT2D eigenvalue weighted by atomic mass is 10.2. The largest absolute Gasteiger partial charge is 0.385 e. The highest BCUT2D eigenvalue weighted by Crippen LogP contribution is 2.09. The molecule has 7 heteroatoms. The number of nitrogens with one attached hydrogen (secondary N) is 2. The smallest absolute Gasteiger partial charge is 0.237 e. The van der Waals surface area contributed by atoms with Crippen LogP contribution >= 0.6 is 11.6 Å². The second kappa shape index (κ2) is 11.0. The van der Waals surface area contributed by atoms with Crippen LogP contribution in [0.2, 0.25) is 5.02 Å². The molecule has 1 aromatic rings. The standard InChI is InChI=1S/C17H26ClN3O3/c1-13(21(2)12-16(22)19-9-4-10-24-3)17(23)20-11-14-5-7-15(18)8-6-14/h5-8,13H,4,9-12H2,1-3H3,(H,19,22)(H,20,23). The molecule has 1 aromatic carbocycles. The number of ether oxygens (including phenoxy) is 1. The molecule has 24 heavy (non-hydrogen) atoms. The highest BCUT2D eigenvalue weighted by molar-refractivity contribution is 6.30. The molecule has 0 aliphatic heterocycles. The monoisotopic (exact) mass is 355 g/mol. The van der Waals surface area contributed by atoms with Gasteiger partial charge >= 0.3 is 0 Å². The quantitative estimate of drug-likeness (QED) is 0.623. The lowest BCUT2D eigenvalue weighted by Crippen LogP contribution is -2.47. The molecule has 0 saturated heterocycles. The van der Waals surface area contributed by atoms with E-state index in [1.165, 1.54) is 0 Å². The zero-order valence-corrected chi connectivity index (χ0v) is 15.2. The summed E-state index contributed by atoms with van der Waals surface area (Å²) in [7, 11) is 3.38. The molecule has 134 valence electrons. The Morgan fingerprint density at radius 1 is 1.25 bits per heavy atom. The first kappa shape index (κ1) is 20.4. The van der Waals surface area contributed by atoms with E-state index in [0.717, 1.165) is 12.0 Å². The van der Waals surface area contributed by atoms with E-state index in [0.29, 0.717) is 24.7 Å². The second-order valence-electron chi connectivity index (χ2n) is 5.63. The van der Waals surface area contributed by atoms with Crippen molar-refractivity contribution in [3.8, 4) is 0 Å². The molecule has 0 bridgehead atoms. The number of rotatable bonds is 10. The van der Waals surface area contributed by atoms with Gasteiger partial charge in [0.15, 0.2) is 0 Å². The van der Waals surface area contributed by atoms with Crippen LogP contribution in [-0.4, -0.2) is 56.6 Å². The van der Waals surface area contributed by atoms with Gasteiger partial charge in [-0.15, -0.1) is 0 Å². The summed E-state index contributed by atoms with van der Waals surface area (Å²) in [5.41, 5.74) is 0.971. The number of likely N-dealkylation sites (N-methyl/N-ethyl adjacent to an activating group) is 1. The van der Waals surface area contributed by atoms with Gasteiger partial charge in [-0.25, -0.2) is 0 Å².